The monoisotopic (exact) mass is 277 g/mol. The molecule has 0 aliphatic heterocycles. The summed E-state index contributed by atoms with van der Waals surface area (Å²) in [6, 6.07) is 8.97. The van der Waals surface area contributed by atoms with Crippen molar-refractivity contribution in [3.63, 3.8) is 0 Å². The predicted molar refractivity (Wildman–Crippen MR) is 83.9 cm³/mol. The van der Waals surface area contributed by atoms with Gasteiger partial charge in [0.2, 0.25) is 0 Å². The molecule has 0 saturated heterocycles. The Kier molecular flexibility index (Phi) is 4.97. The minimum absolute atomic E-state index is 0.188. The average Bonchev–Trinajstić information content (AvgIpc) is 2.86. The van der Waals surface area contributed by atoms with Crippen LogP contribution in [0.4, 0.5) is 0 Å². The van der Waals surface area contributed by atoms with Gasteiger partial charge in [-0.1, -0.05) is 39.0 Å². The summed E-state index contributed by atoms with van der Waals surface area (Å²) in [5.41, 5.74) is 1.36. The number of fused-ring (bicyclic) bond motifs is 1. The van der Waals surface area contributed by atoms with Crippen LogP contribution in [-0.2, 0) is 4.74 Å². The van der Waals surface area contributed by atoms with Crippen LogP contribution in [0, 0.1) is 5.92 Å². The van der Waals surface area contributed by atoms with Crippen LogP contribution in [0.3, 0.4) is 0 Å². The average molecular weight is 277 g/mol. The summed E-state index contributed by atoms with van der Waals surface area (Å²) in [5, 5.41) is 7.08. The third kappa shape index (κ3) is 2.99. The third-order valence-corrected chi connectivity index (χ3v) is 4.51. The minimum Gasteiger partial charge on any atom is -0.379 e. The molecule has 19 heavy (non-hydrogen) atoms. The molecule has 0 saturated carbocycles. The lowest BCUT2D eigenvalue weighted by molar-refractivity contribution is 0.0335. The van der Waals surface area contributed by atoms with E-state index in [2.05, 4.69) is 55.7 Å². The smallest absolute Gasteiger partial charge is 0.0789 e. The van der Waals surface area contributed by atoms with Crippen molar-refractivity contribution in [2.75, 3.05) is 13.7 Å². The molecule has 2 atom stereocenters. The molecule has 1 aromatic carbocycles. The van der Waals surface area contributed by atoms with Crippen LogP contribution in [0.1, 0.15) is 32.4 Å². The summed E-state index contributed by atoms with van der Waals surface area (Å²) in [7, 11) is 1.81. The van der Waals surface area contributed by atoms with Crippen molar-refractivity contribution in [3.8, 4) is 0 Å². The van der Waals surface area contributed by atoms with Gasteiger partial charge >= 0.3 is 0 Å². The van der Waals surface area contributed by atoms with Gasteiger partial charge < -0.3 is 10.1 Å². The Hall–Kier alpha value is -0.900. The lowest BCUT2D eigenvalue weighted by Gasteiger charge is -2.30. The molecule has 1 N–H and O–H groups in total. The molecule has 0 aliphatic carbocycles. The van der Waals surface area contributed by atoms with E-state index in [-0.39, 0.29) is 12.1 Å². The van der Waals surface area contributed by atoms with Crippen LogP contribution in [0.5, 0.6) is 0 Å². The first kappa shape index (κ1) is 14.5. The second kappa shape index (κ2) is 6.51. The van der Waals surface area contributed by atoms with E-state index in [9.17, 15) is 0 Å². The Morgan fingerprint density at radius 1 is 1.26 bits per heavy atom. The zero-order valence-corrected chi connectivity index (χ0v) is 13.0. The maximum atomic E-state index is 5.75. The molecule has 0 aliphatic rings. The van der Waals surface area contributed by atoms with E-state index in [1.54, 1.807) is 0 Å². The second-order valence-electron chi connectivity index (χ2n) is 5.17. The van der Waals surface area contributed by atoms with Gasteiger partial charge in [-0.15, -0.1) is 11.3 Å². The molecular formula is C16H23NOS. The number of likely N-dealkylation sites (N-methyl/N-ethyl adjacent to an activating group) is 1. The summed E-state index contributed by atoms with van der Waals surface area (Å²) in [5.74, 6) is 0.476. The highest BCUT2D eigenvalue weighted by molar-refractivity contribution is 7.17. The zero-order chi connectivity index (χ0) is 13.8. The number of rotatable bonds is 6. The first-order valence-electron chi connectivity index (χ1n) is 6.91. The van der Waals surface area contributed by atoms with E-state index in [0.717, 1.165) is 6.54 Å². The molecule has 104 valence electrons. The van der Waals surface area contributed by atoms with Crippen LogP contribution in [-0.4, -0.2) is 19.8 Å². The molecule has 0 fully saturated rings. The molecule has 1 heterocycles. The number of ether oxygens (including phenoxy) is 1. The van der Waals surface area contributed by atoms with Crippen LogP contribution >= 0.6 is 11.3 Å². The Balaban J connectivity index is 2.45. The van der Waals surface area contributed by atoms with Gasteiger partial charge in [-0.3, -0.25) is 0 Å². The van der Waals surface area contributed by atoms with E-state index in [0.29, 0.717) is 5.92 Å². The maximum Gasteiger partial charge on any atom is 0.0789 e. The van der Waals surface area contributed by atoms with Gasteiger partial charge in [0.05, 0.1) is 12.1 Å². The fraction of sp³-hybridized carbons (Fsp3) is 0.500. The van der Waals surface area contributed by atoms with E-state index in [4.69, 9.17) is 4.74 Å². The summed E-state index contributed by atoms with van der Waals surface area (Å²) in [6.45, 7) is 7.52. The summed E-state index contributed by atoms with van der Waals surface area (Å²) in [4.78, 5) is 0. The minimum atomic E-state index is 0.188. The zero-order valence-electron chi connectivity index (χ0n) is 12.1. The standard InChI is InChI=1S/C16H23NOS/c1-5-17-14(15(18-4)11(2)3)13-8-6-7-12-9-10-19-16(12)13/h6-11,14-15,17H,5H2,1-4H3. The summed E-state index contributed by atoms with van der Waals surface area (Å²) in [6.07, 6.45) is 0.188. The Labute approximate surface area is 119 Å². The lowest BCUT2D eigenvalue weighted by Crippen LogP contribution is -2.36. The van der Waals surface area contributed by atoms with E-state index in [1.165, 1.54) is 15.6 Å². The van der Waals surface area contributed by atoms with Gasteiger partial charge in [-0.25, -0.2) is 0 Å². The molecular weight excluding hydrogens is 254 g/mol. The first-order chi connectivity index (χ1) is 9.19. The fourth-order valence-corrected chi connectivity index (χ4v) is 3.63. The van der Waals surface area contributed by atoms with Crippen molar-refractivity contribution in [2.24, 2.45) is 5.92 Å². The molecule has 2 aromatic rings. The van der Waals surface area contributed by atoms with Crippen LogP contribution in [0.15, 0.2) is 29.6 Å². The van der Waals surface area contributed by atoms with Crippen molar-refractivity contribution in [1.29, 1.82) is 0 Å². The topological polar surface area (TPSA) is 21.3 Å². The summed E-state index contributed by atoms with van der Waals surface area (Å²) < 4.78 is 7.12. The predicted octanol–water partition coefficient (Wildman–Crippen LogP) is 4.22. The largest absolute Gasteiger partial charge is 0.379 e. The van der Waals surface area contributed by atoms with E-state index < -0.39 is 0 Å². The highest BCUT2D eigenvalue weighted by Gasteiger charge is 2.26. The highest BCUT2D eigenvalue weighted by Crippen LogP contribution is 2.33. The van der Waals surface area contributed by atoms with Gasteiger partial charge in [0, 0.05) is 11.8 Å². The van der Waals surface area contributed by atoms with Gasteiger partial charge in [0.1, 0.15) is 0 Å². The van der Waals surface area contributed by atoms with Gasteiger partial charge in [0.15, 0.2) is 0 Å². The molecule has 0 bridgehead atoms. The van der Waals surface area contributed by atoms with Crippen molar-refractivity contribution in [3.05, 3.63) is 35.2 Å². The number of hydrogen-bond donors (Lipinski definition) is 1. The SMILES string of the molecule is CCNC(c1cccc2ccsc12)C(OC)C(C)C. The van der Waals surface area contributed by atoms with Crippen molar-refractivity contribution < 1.29 is 4.74 Å². The van der Waals surface area contributed by atoms with Crippen LogP contribution in [0.2, 0.25) is 0 Å². The molecule has 3 heteroatoms. The number of thiophene rings is 1. The van der Waals surface area contributed by atoms with Gasteiger partial charge in [-0.2, -0.15) is 0 Å². The van der Waals surface area contributed by atoms with E-state index in [1.807, 2.05) is 18.4 Å². The van der Waals surface area contributed by atoms with Gasteiger partial charge in [0.25, 0.3) is 0 Å². The van der Waals surface area contributed by atoms with Crippen LogP contribution in [0.25, 0.3) is 10.1 Å². The van der Waals surface area contributed by atoms with Crippen molar-refractivity contribution in [1.82, 2.24) is 5.32 Å². The van der Waals surface area contributed by atoms with E-state index >= 15 is 0 Å². The number of hydrogen-bond acceptors (Lipinski definition) is 3. The molecule has 1 aromatic heterocycles. The van der Waals surface area contributed by atoms with Crippen molar-refractivity contribution >= 4 is 21.4 Å². The Bertz CT molecular complexity index is 520. The quantitative estimate of drug-likeness (QED) is 0.853. The number of nitrogens with one attached hydrogen (secondary N) is 1. The molecule has 0 radical (unpaired) electrons. The maximum absolute atomic E-state index is 5.75. The molecule has 2 rings (SSSR count). The molecule has 0 spiro atoms. The first-order valence-corrected chi connectivity index (χ1v) is 7.79. The summed E-state index contributed by atoms with van der Waals surface area (Å²) >= 11 is 1.81. The van der Waals surface area contributed by atoms with Crippen molar-refractivity contribution in [2.45, 2.75) is 32.9 Å². The lowest BCUT2D eigenvalue weighted by atomic mass is 9.93. The van der Waals surface area contributed by atoms with Crippen LogP contribution < -0.4 is 5.32 Å². The number of methoxy groups -OCH3 is 1. The molecule has 2 nitrogen and oxygen atoms in total. The fourth-order valence-electron chi connectivity index (χ4n) is 2.68. The Morgan fingerprint density at radius 2 is 2.05 bits per heavy atom. The molecule has 0 amide bonds. The Morgan fingerprint density at radius 3 is 2.68 bits per heavy atom. The van der Waals surface area contributed by atoms with Gasteiger partial charge in [-0.05, 0) is 34.9 Å². The number of benzene rings is 1. The second-order valence-corrected chi connectivity index (χ2v) is 6.08. The normalized spacial score (nSPS) is 15.0. The molecule has 2 unspecified atom stereocenters. The highest BCUT2D eigenvalue weighted by atomic mass is 32.1. The third-order valence-electron chi connectivity index (χ3n) is 3.53.